The number of hydrogen-bond acceptors (Lipinski definition) is 4. The Balaban J connectivity index is 2.11. The largest absolute Gasteiger partial charge is 0.397 e. The summed E-state index contributed by atoms with van der Waals surface area (Å²) in [6.07, 6.45) is 2.57. The highest BCUT2D eigenvalue weighted by molar-refractivity contribution is 7.89. The molecule has 0 radical (unpaired) electrons. The third-order valence-electron chi connectivity index (χ3n) is 3.39. The quantitative estimate of drug-likeness (QED) is 0.703. The zero-order valence-corrected chi connectivity index (χ0v) is 11.2. The second-order valence-corrected chi connectivity index (χ2v) is 6.55. The molecule has 0 aromatic heterocycles. The van der Waals surface area contributed by atoms with E-state index in [-0.39, 0.29) is 4.90 Å². The molecule has 100 valence electrons. The summed E-state index contributed by atoms with van der Waals surface area (Å²) >= 11 is 0. The standard InChI is InChI=1S/C12H19N3O2S/c1-8(9-2-3-9)7-15-12-6-10(18(14,16)17)4-5-11(12)13/h4-6,8-9,15H,2-3,7,13H2,1H3,(H2,14,16,17). The normalized spacial score (nSPS) is 17.4. The van der Waals surface area contributed by atoms with E-state index in [1.807, 2.05) is 0 Å². The third kappa shape index (κ3) is 3.14. The van der Waals surface area contributed by atoms with Gasteiger partial charge in [-0.2, -0.15) is 0 Å². The minimum atomic E-state index is -3.68. The Morgan fingerprint density at radius 3 is 2.67 bits per heavy atom. The summed E-state index contributed by atoms with van der Waals surface area (Å²) < 4.78 is 22.5. The zero-order chi connectivity index (χ0) is 13.3. The van der Waals surface area contributed by atoms with Crippen LogP contribution in [0.3, 0.4) is 0 Å². The summed E-state index contributed by atoms with van der Waals surface area (Å²) in [5.74, 6) is 1.36. The maximum atomic E-state index is 11.3. The van der Waals surface area contributed by atoms with E-state index in [0.717, 1.165) is 12.5 Å². The molecule has 18 heavy (non-hydrogen) atoms. The van der Waals surface area contributed by atoms with Crippen molar-refractivity contribution in [3.63, 3.8) is 0 Å². The van der Waals surface area contributed by atoms with E-state index < -0.39 is 10.0 Å². The molecule has 2 rings (SSSR count). The summed E-state index contributed by atoms with van der Waals surface area (Å²) in [4.78, 5) is 0.0817. The van der Waals surface area contributed by atoms with Crippen LogP contribution in [0.15, 0.2) is 23.1 Å². The van der Waals surface area contributed by atoms with Crippen LogP contribution in [0.5, 0.6) is 0 Å². The van der Waals surface area contributed by atoms with Crippen molar-refractivity contribution < 1.29 is 8.42 Å². The summed E-state index contributed by atoms with van der Waals surface area (Å²) in [6, 6.07) is 4.47. The number of anilines is 2. The van der Waals surface area contributed by atoms with Gasteiger partial charge in [0.25, 0.3) is 0 Å². The monoisotopic (exact) mass is 269 g/mol. The smallest absolute Gasteiger partial charge is 0.238 e. The van der Waals surface area contributed by atoms with Crippen molar-refractivity contribution in [3.8, 4) is 0 Å². The van der Waals surface area contributed by atoms with Crippen LogP contribution in [-0.4, -0.2) is 15.0 Å². The first-order valence-corrected chi connectivity index (χ1v) is 7.59. The van der Waals surface area contributed by atoms with Crippen LogP contribution >= 0.6 is 0 Å². The first-order valence-electron chi connectivity index (χ1n) is 6.04. The lowest BCUT2D eigenvalue weighted by atomic mass is 10.1. The molecule has 1 fully saturated rings. The average Bonchev–Trinajstić information content (AvgIpc) is 3.09. The minimum absolute atomic E-state index is 0.0817. The maximum absolute atomic E-state index is 11.3. The van der Waals surface area contributed by atoms with Crippen LogP contribution in [0, 0.1) is 11.8 Å². The number of nitrogens with one attached hydrogen (secondary N) is 1. The van der Waals surface area contributed by atoms with Crippen molar-refractivity contribution in [2.75, 3.05) is 17.6 Å². The number of sulfonamides is 1. The number of hydrogen-bond donors (Lipinski definition) is 3. The van der Waals surface area contributed by atoms with Crippen LogP contribution in [0.25, 0.3) is 0 Å². The van der Waals surface area contributed by atoms with Crippen LogP contribution in [-0.2, 0) is 10.0 Å². The Labute approximate surface area is 108 Å². The molecule has 1 aromatic carbocycles. The molecule has 1 atom stereocenters. The zero-order valence-electron chi connectivity index (χ0n) is 10.4. The molecule has 5 nitrogen and oxygen atoms in total. The fraction of sp³-hybridized carbons (Fsp3) is 0.500. The molecule has 1 aliphatic rings. The summed E-state index contributed by atoms with van der Waals surface area (Å²) in [7, 11) is -3.68. The van der Waals surface area contributed by atoms with Gasteiger partial charge in [-0.1, -0.05) is 6.92 Å². The summed E-state index contributed by atoms with van der Waals surface area (Å²) in [5, 5.41) is 8.30. The molecular formula is C12H19N3O2S. The molecule has 0 saturated heterocycles. The van der Waals surface area contributed by atoms with Crippen molar-refractivity contribution in [3.05, 3.63) is 18.2 Å². The highest BCUT2D eigenvalue weighted by Crippen LogP contribution is 2.36. The molecule has 6 heteroatoms. The van der Waals surface area contributed by atoms with E-state index in [9.17, 15) is 8.42 Å². The highest BCUT2D eigenvalue weighted by atomic mass is 32.2. The predicted molar refractivity (Wildman–Crippen MR) is 72.6 cm³/mol. The second kappa shape index (κ2) is 4.78. The Kier molecular flexibility index (Phi) is 3.49. The van der Waals surface area contributed by atoms with E-state index in [1.165, 1.54) is 25.0 Å². The third-order valence-corrected chi connectivity index (χ3v) is 4.31. The molecule has 1 aliphatic carbocycles. The van der Waals surface area contributed by atoms with Gasteiger partial charge >= 0.3 is 0 Å². The van der Waals surface area contributed by atoms with Gasteiger partial charge in [0.05, 0.1) is 16.3 Å². The van der Waals surface area contributed by atoms with Crippen molar-refractivity contribution >= 4 is 21.4 Å². The van der Waals surface area contributed by atoms with E-state index in [4.69, 9.17) is 10.9 Å². The Hall–Kier alpha value is -1.27. The Bertz CT molecular complexity index is 538. The number of primary sulfonamides is 1. The second-order valence-electron chi connectivity index (χ2n) is 4.99. The fourth-order valence-electron chi connectivity index (χ4n) is 1.97. The van der Waals surface area contributed by atoms with Gasteiger partial charge in [0, 0.05) is 6.54 Å². The molecule has 1 saturated carbocycles. The van der Waals surface area contributed by atoms with Gasteiger partial charge in [0.1, 0.15) is 0 Å². The van der Waals surface area contributed by atoms with E-state index in [1.54, 1.807) is 6.07 Å². The molecule has 5 N–H and O–H groups in total. The number of nitrogens with two attached hydrogens (primary N) is 2. The van der Waals surface area contributed by atoms with Crippen LogP contribution < -0.4 is 16.2 Å². The van der Waals surface area contributed by atoms with Crippen LogP contribution in [0.4, 0.5) is 11.4 Å². The number of benzene rings is 1. The highest BCUT2D eigenvalue weighted by Gasteiger charge is 2.27. The number of rotatable bonds is 5. The van der Waals surface area contributed by atoms with Gasteiger partial charge in [-0.15, -0.1) is 0 Å². The molecule has 0 bridgehead atoms. The molecule has 0 aliphatic heterocycles. The number of nitrogen functional groups attached to an aromatic ring is 1. The first-order chi connectivity index (χ1) is 8.38. The van der Waals surface area contributed by atoms with E-state index >= 15 is 0 Å². The molecule has 0 amide bonds. The lowest BCUT2D eigenvalue weighted by Crippen LogP contribution is -2.16. The Morgan fingerprint density at radius 1 is 1.44 bits per heavy atom. The van der Waals surface area contributed by atoms with Crippen molar-refractivity contribution in [2.24, 2.45) is 17.0 Å². The molecular weight excluding hydrogens is 250 g/mol. The SMILES string of the molecule is CC(CNc1cc(S(N)(=O)=O)ccc1N)C1CC1. The van der Waals surface area contributed by atoms with Gasteiger partial charge in [-0.25, -0.2) is 13.6 Å². The van der Waals surface area contributed by atoms with E-state index in [2.05, 4.69) is 12.2 Å². The van der Waals surface area contributed by atoms with Gasteiger partial charge in [0.15, 0.2) is 0 Å². The van der Waals surface area contributed by atoms with Crippen LogP contribution in [0.2, 0.25) is 0 Å². The lowest BCUT2D eigenvalue weighted by molar-refractivity contribution is 0.536. The van der Waals surface area contributed by atoms with Crippen LogP contribution in [0.1, 0.15) is 19.8 Å². The lowest BCUT2D eigenvalue weighted by Gasteiger charge is -2.14. The first kappa shape index (κ1) is 13.2. The van der Waals surface area contributed by atoms with Crippen molar-refractivity contribution in [1.82, 2.24) is 0 Å². The maximum Gasteiger partial charge on any atom is 0.238 e. The molecule has 1 unspecified atom stereocenters. The van der Waals surface area contributed by atoms with Gasteiger partial charge in [0.2, 0.25) is 10.0 Å². The summed E-state index contributed by atoms with van der Waals surface area (Å²) in [6.45, 7) is 2.98. The minimum Gasteiger partial charge on any atom is -0.397 e. The molecule has 0 spiro atoms. The van der Waals surface area contributed by atoms with E-state index in [0.29, 0.717) is 17.3 Å². The predicted octanol–water partition coefficient (Wildman–Crippen LogP) is 1.37. The topological polar surface area (TPSA) is 98.2 Å². The van der Waals surface area contributed by atoms with Gasteiger partial charge in [-0.3, -0.25) is 0 Å². The summed E-state index contributed by atoms with van der Waals surface area (Å²) in [5.41, 5.74) is 6.98. The fourth-order valence-corrected chi connectivity index (χ4v) is 2.51. The molecule has 1 aromatic rings. The van der Waals surface area contributed by atoms with Gasteiger partial charge < -0.3 is 11.1 Å². The molecule has 0 heterocycles. The van der Waals surface area contributed by atoms with Gasteiger partial charge in [-0.05, 0) is 42.9 Å². The Morgan fingerprint density at radius 2 is 2.11 bits per heavy atom. The average molecular weight is 269 g/mol. The van der Waals surface area contributed by atoms with Crippen molar-refractivity contribution in [2.45, 2.75) is 24.7 Å². The van der Waals surface area contributed by atoms with Crippen molar-refractivity contribution in [1.29, 1.82) is 0 Å².